The third-order valence-corrected chi connectivity index (χ3v) is 2.63. The van der Waals surface area contributed by atoms with Gasteiger partial charge in [0, 0.05) is 24.1 Å². The number of benzene rings is 1. The highest BCUT2D eigenvalue weighted by atomic mass is 16.5. The number of nitrogen functional groups attached to an aromatic ring is 1. The van der Waals surface area contributed by atoms with Gasteiger partial charge >= 0.3 is 11.9 Å². The molecule has 0 aliphatic carbocycles. The van der Waals surface area contributed by atoms with E-state index in [4.69, 9.17) is 15.6 Å². The van der Waals surface area contributed by atoms with Crippen LogP contribution >= 0.6 is 0 Å². The topological polar surface area (TPSA) is 89.6 Å². The molecule has 0 atom stereocenters. The number of ether oxygens (including phenoxy) is 1. The number of carboxylic acids is 1. The van der Waals surface area contributed by atoms with Crippen molar-refractivity contribution in [1.29, 1.82) is 0 Å². The van der Waals surface area contributed by atoms with Gasteiger partial charge in [-0.1, -0.05) is 6.07 Å². The first-order valence-electron chi connectivity index (χ1n) is 5.70. The third-order valence-electron chi connectivity index (χ3n) is 2.63. The number of hydrogen-bond donors (Lipinski definition) is 2. The lowest BCUT2D eigenvalue weighted by Gasteiger charge is -2.12. The van der Waals surface area contributed by atoms with Crippen LogP contribution in [0.5, 0.6) is 5.75 Å². The maximum atomic E-state index is 11.6. The number of aliphatic carboxylic acids is 1. The molecule has 0 aliphatic rings. The Morgan fingerprint density at radius 1 is 1.28 bits per heavy atom. The summed E-state index contributed by atoms with van der Waals surface area (Å²) in [7, 11) is 0. The van der Waals surface area contributed by atoms with E-state index in [0.717, 1.165) is 11.1 Å². The third kappa shape index (κ3) is 3.76. The van der Waals surface area contributed by atoms with Crippen LogP contribution in [0.25, 0.3) is 0 Å². The molecule has 0 amide bonds. The molecule has 0 bridgehead atoms. The molecule has 0 radical (unpaired) electrons. The van der Waals surface area contributed by atoms with Crippen LogP contribution in [0.4, 0.5) is 5.69 Å². The van der Waals surface area contributed by atoms with Crippen LogP contribution in [-0.4, -0.2) is 17.0 Å². The standard InChI is InChI=1S/C13H17NO4/c1-8-6-7-10(14)9(2)13(8)18-12(17)5-3-4-11(15)16/h6-7H,3-5,14H2,1-2H3,(H,15,16). The summed E-state index contributed by atoms with van der Waals surface area (Å²) >= 11 is 0. The number of esters is 1. The number of hydrogen-bond acceptors (Lipinski definition) is 4. The molecule has 0 unspecified atom stereocenters. The molecule has 0 spiro atoms. The Balaban J connectivity index is 2.65. The van der Waals surface area contributed by atoms with Crippen molar-refractivity contribution < 1.29 is 19.4 Å². The summed E-state index contributed by atoms with van der Waals surface area (Å²) in [5, 5.41) is 8.47. The van der Waals surface area contributed by atoms with Crippen LogP contribution in [0, 0.1) is 13.8 Å². The van der Waals surface area contributed by atoms with E-state index >= 15 is 0 Å². The van der Waals surface area contributed by atoms with Crippen molar-refractivity contribution in [2.75, 3.05) is 5.73 Å². The second-order valence-electron chi connectivity index (χ2n) is 4.15. The monoisotopic (exact) mass is 251 g/mol. The number of rotatable bonds is 5. The minimum absolute atomic E-state index is 0.0377. The van der Waals surface area contributed by atoms with Crippen molar-refractivity contribution in [2.45, 2.75) is 33.1 Å². The number of carbonyl (C=O) groups excluding carboxylic acids is 1. The van der Waals surface area contributed by atoms with E-state index in [9.17, 15) is 9.59 Å². The maximum absolute atomic E-state index is 11.6. The Morgan fingerprint density at radius 3 is 2.56 bits per heavy atom. The van der Waals surface area contributed by atoms with Gasteiger partial charge in [0.05, 0.1) is 0 Å². The van der Waals surface area contributed by atoms with Gasteiger partial charge < -0.3 is 15.6 Å². The van der Waals surface area contributed by atoms with Gasteiger partial charge in [-0.25, -0.2) is 0 Å². The SMILES string of the molecule is Cc1ccc(N)c(C)c1OC(=O)CCCC(=O)O. The molecule has 0 aliphatic heterocycles. The summed E-state index contributed by atoms with van der Waals surface area (Å²) in [6, 6.07) is 3.54. The molecule has 0 aromatic heterocycles. The van der Waals surface area contributed by atoms with Crippen LogP contribution < -0.4 is 10.5 Å². The van der Waals surface area contributed by atoms with Crippen molar-refractivity contribution >= 4 is 17.6 Å². The first-order valence-corrected chi connectivity index (χ1v) is 5.70. The van der Waals surface area contributed by atoms with Gasteiger partial charge in [0.15, 0.2) is 0 Å². The van der Waals surface area contributed by atoms with E-state index in [2.05, 4.69) is 0 Å². The molecule has 3 N–H and O–H groups in total. The molecule has 1 aromatic carbocycles. The number of carboxylic acid groups (broad SMARTS) is 1. The van der Waals surface area contributed by atoms with Crippen molar-refractivity contribution in [3.63, 3.8) is 0 Å². The summed E-state index contributed by atoms with van der Waals surface area (Å²) < 4.78 is 5.23. The van der Waals surface area contributed by atoms with Crippen LogP contribution in [-0.2, 0) is 9.59 Å². The minimum Gasteiger partial charge on any atom is -0.481 e. The number of aryl methyl sites for hydroxylation is 1. The normalized spacial score (nSPS) is 10.1. The molecule has 18 heavy (non-hydrogen) atoms. The number of carbonyl (C=O) groups is 2. The van der Waals surface area contributed by atoms with Crippen LogP contribution in [0.15, 0.2) is 12.1 Å². The Hall–Kier alpha value is -2.04. The Bertz CT molecular complexity index is 468. The summed E-state index contributed by atoms with van der Waals surface area (Å²) in [6.07, 6.45) is 0.318. The molecule has 1 aromatic rings. The van der Waals surface area contributed by atoms with Crippen molar-refractivity contribution in [3.8, 4) is 5.75 Å². The zero-order chi connectivity index (χ0) is 13.7. The second-order valence-corrected chi connectivity index (χ2v) is 4.15. The molecule has 0 saturated heterocycles. The summed E-state index contributed by atoms with van der Waals surface area (Å²) in [4.78, 5) is 21.9. The van der Waals surface area contributed by atoms with Crippen molar-refractivity contribution in [3.05, 3.63) is 23.3 Å². The van der Waals surface area contributed by atoms with Crippen molar-refractivity contribution in [2.24, 2.45) is 0 Å². The quantitative estimate of drug-likeness (QED) is 0.475. The highest BCUT2D eigenvalue weighted by Crippen LogP contribution is 2.28. The van der Waals surface area contributed by atoms with Gasteiger partial charge in [-0.2, -0.15) is 0 Å². The van der Waals surface area contributed by atoms with Gasteiger partial charge in [0.1, 0.15) is 5.75 Å². The lowest BCUT2D eigenvalue weighted by molar-refractivity contribution is -0.137. The summed E-state index contributed by atoms with van der Waals surface area (Å²) in [6.45, 7) is 3.61. The molecule has 0 heterocycles. The Labute approximate surface area is 106 Å². The van der Waals surface area contributed by atoms with Crippen LogP contribution in [0.1, 0.15) is 30.4 Å². The molecular formula is C13H17NO4. The molecule has 0 fully saturated rings. The Morgan fingerprint density at radius 2 is 1.94 bits per heavy atom. The number of anilines is 1. The average Bonchev–Trinajstić information content (AvgIpc) is 2.29. The summed E-state index contributed by atoms with van der Waals surface area (Å²) in [5.74, 6) is -0.887. The average molecular weight is 251 g/mol. The van der Waals surface area contributed by atoms with E-state index < -0.39 is 11.9 Å². The predicted octanol–water partition coefficient (Wildman–Crippen LogP) is 2.05. The predicted molar refractivity (Wildman–Crippen MR) is 67.5 cm³/mol. The van der Waals surface area contributed by atoms with Gasteiger partial charge in [0.25, 0.3) is 0 Å². The van der Waals surface area contributed by atoms with Crippen LogP contribution in [0.2, 0.25) is 0 Å². The molecule has 5 nitrogen and oxygen atoms in total. The highest BCUT2D eigenvalue weighted by molar-refractivity contribution is 5.75. The van der Waals surface area contributed by atoms with Gasteiger partial charge in [0.2, 0.25) is 0 Å². The van der Waals surface area contributed by atoms with Gasteiger partial charge in [-0.3, -0.25) is 9.59 Å². The van der Waals surface area contributed by atoms with E-state index in [1.807, 2.05) is 6.92 Å². The fourth-order valence-electron chi connectivity index (χ4n) is 1.55. The van der Waals surface area contributed by atoms with E-state index in [1.54, 1.807) is 19.1 Å². The minimum atomic E-state index is -0.917. The van der Waals surface area contributed by atoms with E-state index in [1.165, 1.54) is 0 Å². The lowest BCUT2D eigenvalue weighted by atomic mass is 10.1. The zero-order valence-corrected chi connectivity index (χ0v) is 10.5. The zero-order valence-electron chi connectivity index (χ0n) is 10.5. The van der Waals surface area contributed by atoms with Crippen LogP contribution in [0.3, 0.4) is 0 Å². The smallest absolute Gasteiger partial charge is 0.311 e. The first-order chi connectivity index (χ1) is 8.41. The molecule has 0 saturated carbocycles. The highest BCUT2D eigenvalue weighted by Gasteiger charge is 2.12. The Kier molecular flexibility index (Phi) is 4.71. The molecule has 5 heteroatoms. The van der Waals surface area contributed by atoms with E-state index in [0.29, 0.717) is 11.4 Å². The number of nitrogens with two attached hydrogens (primary N) is 1. The van der Waals surface area contributed by atoms with Gasteiger partial charge in [-0.15, -0.1) is 0 Å². The fraction of sp³-hybridized carbons (Fsp3) is 0.385. The second kappa shape index (κ2) is 6.05. The molecular weight excluding hydrogens is 234 g/mol. The maximum Gasteiger partial charge on any atom is 0.311 e. The van der Waals surface area contributed by atoms with Gasteiger partial charge in [-0.05, 0) is 31.9 Å². The largest absolute Gasteiger partial charge is 0.481 e. The lowest BCUT2D eigenvalue weighted by Crippen LogP contribution is -2.11. The molecule has 1 rings (SSSR count). The van der Waals surface area contributed by atoms with Crippen molar-refractivity contribution in [1.82, 2.24) is 0 Å². The first kappa shape index (κ1) is 14.0. The summed E-state index contributed by atoms with van der Waals surface area (Å²) in [5.41, 5.74) is 7.85. The van der Waals surface area contributed by atoms with E-state index in [-0.39, 0.29) is 19.3 Å². The fourth-order valence-corrected chi connectivity index (χ4v) is 1.55. The molecule has 98 valence electrons.